The molecule has 3 aromatic carbocycles. The maximum absolute atomic E-state index is 13.4. The monoisotopic (exact) mass is 449 g/mol. The number of benzene rings is 3. The van der Waals surface area contributed by atoms with Gasteiger partial charge in [0.25, 0.3) is 5.56 Å². The molecule has 166 valence electrons. The van der Waals surface area contributed by atoms with Gasteiger partial charge >= 0.3 is 0 Å². The summed E-state index contributed by atoms with van der Waals surface area (Å²) in [6.07, 6.45) is 6.86. The molecule has 0 saturated heterocycles. The number of fused-ring (bicyclic) bond motifs is 2. The van der Waals surface area contributed by atoms with E-state index in [9.17, 15) is 4.79 Å². The van der Waals surface area contributed by atoms with Crippen LogP contribution in [-0.2, 0) is 0 Å². The Kier molecular flexibility index (Phi) is 5.55. The van der Waals surface area contributed by atoms with E-state index in [4.69, 9.17) is 25.3 Å². The van der Waals surface area contributed by atoms with Crippen molar-refractivity contribution in [3.05, 3.63) is 88.7 Å². The van der Waals surface area contributed by atoms with Crippen LogP contribution >= 0.6 is 0 Å². The van der Waals surface area contributed by atoms with Gasteiger partial charge in [-0.15, -0.1) is 6.42 Å². The van der Waals surface area contributed by atoms with Crippen molar-refractivity contribution in [2.75, 3.05) is 13.7 Å². The molecule has 7 heteroatoms. The van der Waals surface area contributed by atoms with Gasteiger partial charge in [-0.3, -0.25) is 4.79 Å². The average Bonchev–Trinajstić information content (AvgIpc) is 3.32. The second-order valence-corrected chi connectivity index (χ2v) is 7.33. The fourth-order valence-electron chi connectivity index (χ4n) is 3.67. The van der Waals surface area contributed by atoms with Crippen molar-refractivity contribution in [1.29, 1.82) is 0 Å². The number of para-hydroxylation sites is 2. The van der Waals surface area contributed by atoms with Crippen LogP contribution in [0.15, 0.2) is 87.1 Å². The van der Waals surface area contributed by atoms with E-state index in [-0.39, 0.29) is 18.0 Å². The summed E-state index contributed by atoms with van der Waals surface area (Å²) in [5, 5.41) is 5.69. The predicted molar refractivity (Wildman–Crippen MR) is 132 cm³/mol. The van der Waals surface area contributed by atoms with Gasteiger partial charge in [0.2, 0.25) is 5.82 Å². The summed E-state index contributed by atoms with van der Waals surface area (Å²) >= 11 is 0. The second kappa shape index (κ2) is 8.96. The Morgan fingerprint density at radius 1 is 1.06 bits per heavy atom. The van der Waals surface area contributed by atoms with Crippen molar-refractivity contribution in [2.45, 2.75) is 0 Å². The van der Waals surface area contributed by atoms with Crippen LogP contribution in [0.3, 0.4) is 0 Å². The highest BCUT2D eigenvalue weighted by Gasteiger charge is 2.18. The molecule has 0 spiro atoms. The van der Waals surface area contributed by atoms with Gasteiger partial charge in [0.1, 0.15) is 23.7 Å². The second-order valence-electron chi connectivity index (χ2n) is 7.33. The van der Waals surface area contributed by atoms with Crippen molar-refractivity contribution in [1.82, 2.24) is 9.66 Å². The van der Waals surface area contributed by atoms with Crippen LogP contribution in [0.2, 0.25) is 0 Å². The largest absolute Gasteiger partial charge is 0.496 e. The maximum atomic E-state index is 13.4. The van der Waals surface area contributed by atoms with Crippen molar-refractivity contribution < 1.29 is 13.9 Å². The smallest absolute Gasteiger partial charge is 0.282 e. The number of hydrogen-bond acceptors (Lipinski definition) is 6. The number of ether oxygens (including phenoxy) is 2. The molecule has 0 amide bonds. The van der Waals surface area contributed by atoms with Gasteiger partial charge in [-0.2, -0.15) is 9.78 Å². The summed E-state index contributed by atoms with van der Waals surface area (Å²) < 4.78 is 18.3. The zero-order valence-corrected chi connectivity index (χ0v) is 18.3. The number of nitrogens with zero attached hydrogens (tertiary/aromatic N) is 3. The van der Waals surface area contributed by atoms with Crippen LogP contribution in [0.1, 0.15) is 5.56 Å². The van der Waals surface area contributed by atoms with Gasteiger partial charge in [-0.25, -0.2) is 4.98 Å². The Labute approximate surface area is 194 Å². The first-order valence-corrected chi connectivity index (χ1v) is 10.5. The van der Waals surface area contributed by atoms with Crippen LogP contribution in [0.5, 0.6) is 11.5 Å². The minimum atomic E-state index is -0.328. The highest BCUT2D eigenvalue weighted by atomic mass is 16.5. The molecule has 0 saturated carbocycles. The summed E-state index contributed by atoms with van der Waals surface area (Å²) in [5.41, 5.74) is 1.49. The summed E-state index contributed by atoms with van der Waals surface area (Å²) in [7, 11) is 1.59. The maximum Gasteiger partial charge on any atom is 0.282 e. The minimum absolute atomic E-state index is 0.119. The molecule has 0 unspecified atom stereocenters. The Morgan fingerprint density at radius 2 is 1.85 bits per heavy atom. The first-order valence-electron chi connectivity index (χ1n) is 10.5. The van der Waals surface area contributed by atoms with Gasteiger partial charge in [-0.05, 0) is 42.5 Å². The minimum Gasteiger partial charge on any atom is -0.496 e. The summed E-state index contributed by atoms with van der Waals surface area (Å²) in [5.74, 6) is 4.31. The number of furan rings is 1. The van der Waals surface area contributed by atoms with Crippen molar-refractivity contribution in [2.24, 2.45) is 5.10 Å². The highest BCUT2D eigenvalue weighted by Crippen LogP contribution is 2.32. The third kappa shape index (κ3) is 3.78. The van der Waals surface area contributed by atoms with Gasteiger partial charge in [0.05, 0.1) is 29.6 Å². The van der Waals surface area contributed by atoms with E-state index in [1.165, 1.54) is 10.9 Å². The van der Waals surface area contributed by atoms with Gasteiger partial charge < -0.3 is 13.9 Å². The van der Waals surface area contributed by atoms with Crippen LogP contribution in [0.4, 0.5) is 0 Å². The van der Waals surface area contributed by atoms with Crippen LogP contribution in [0, 0.1) is 12.3 Å². The Bertz CT molecular complexity index is 1640. The molecule has 5 aromatic rings. The molecule has 0 aliphatic rings. The van der Waals surface area contributed by atoms with Crippen LogP contribution < -0.4 is 15.0 Å². The molecule has 0 radical (unpaired) electrons. The SMILES string of the molecule is C#CCOc1ccccc1C=Nn1c(-c2cc3c(OC)cccc3o2)nc2ccccc2c1=O. The standard InChI is InChI=1S/C27H19N3O4/c1-3-15-33-22-12-7-4-9-18(22)17-28-30-26(29-21-11-6-5-10-19(21)27(30)31)25-16-20-23(32-2)13-8-14-24(20)34-25/h1,4-14,16-17H,15H2,2H3. The van der Waals surface area contributed by atoms with Gasteiger partial charge in [-0.1, -0.05) is 36.3 Å². The summed E-state index contributed by atoms with van der Waals surface area (Å²) in [4.78, 5) is 18.1. The third-order valence-electron chi connectivity index (χ3n) is 5.26. The lowest BCUT2D eigenvalue weighted by atomic mass is 10.2. The fourth-order valence-corrected chi connectivity index (χ4v) is 3.67. The lowest BCUT2D eigenvalue weighted by molar-refractivity contribution is 0.370. The zero-order chi connectivity index (χ0) is 23.5. The highest BCUT2D eigenvalue weighted by molar-refractivity contribution is 5.89. The predicted octanol–water partition coefficient (Wildman–Crippen LogP) is 4.71. The first-order chi connectivity index (χ1) is 16.7. The zero-order valence-electron chi connectivity index (χ0n) is 18.3. The number of rotatable bonds is 6. The van der Waals surface area contributed by atoms with Gasteiger partial charge in [0.15, 0.2) is 5.76 Å². The van der Waals surface area contributed by atoms with E-state index in [0.29, 0.717) is 39.3 Å². The number of hydrogen-bond donors (Lipinski definition) is 0. The lowest BCUT2D eigenvalue weighted by Crippen LogP contribution is -2.20. The van der Waals surface area contributed by atoms with Crippen LogP contribution in [0.25, 0.3) is 33.5 Å². The number of methoxy groups -OCH3 is 1. The summed E-state index contributed by atoms with van der Waals surface area (Å²) in [6.45, 7) is 0.119. The number of aromatic nitrogens is 2. The third-order valence-corrected chi connectivity index (χ3v) is 5.26. The average molecular weight is 449 g/mol. The molecular weight excluding hydrogens is 430 g/mol. The Balaban J connectivity index is 1.70. The number of terminal acetylenes is 1. The Hall–Kier alpha value is -4.83. The lowest BCUT2D eigenvalue weighted by Gasteiger charge is -2.08. The molecule has 7 nitrogen and oxygen atoms in total. The van der Waals surface area contributed by atoms with Crippen molar-refractivity contribution in [3.8, 4) is 35.4 Å². The fraction of sp³-hybridized carbons (Fsp3) is 0.0741. The van der Waals surface area contributed by atoms with E-state index in [0.717, 1.165) is 5.39 Å². The molecule has 0 N–H and O–H groups in total. The molecule has 0 aliphatic heterocycles. The van der Waals surface area contributed by atoms with E-state index < -0.39 is 0 Å². The topological polar surface area (TPSA) is 78.8 Å². The first kappa shape index (κ1) is 21.0. The van der Waals surface area contributed by atoms with E-state index >= 15 is 0 Å². The van der Waals surface area contributed by atoms with Crippen LogP contribution in [-0.4, -0.2) is 29.6 Å². The van der Waals surface area contributed by atoms with Gasteiger partial charge in [0, 0.05) is 5.56 Å². The Morgan fingerprint density at radius 3 is 2.71 bits per heavy atom. The van der Waals surface area contributed by atoms with Crippen molar-refractivity contribution >= 4 is 28.1 Å². The van der Waals surface area contributed by atoms with Crippen molar-refractivity contribution in [3.63, 3.8) is 0 Å². The quantitative estimate of drug-likeness (QED) is 0.277. The molecule has 0 aliphatic carbocycles. The molecule has 2 aromatic heterocycles. The molecule has 0 atom stereocenters. The van der Waals surface area contributed by atoms with E-state index in [1.54, 1.807) is 37.4 Å². The summed E-state index contributed by atoms with van der Waals surface area (Å²) in [6, 6.07) is 21.7. The van der Waals surface area contributed by atoms with E-state index in [1.807, 2.05) is 42.5 Å². The molecule has 34 heavy (non-hydrogen) atoms. The molecule has 0 bridgehead atoms. The molecule has 2 heterocycles. The molecular formula is C27H19N3O4. The van der Waals surface area contributed by atoms with E-state index in [2.05, 4.69) is 11.0 Å². The normalized spacial score (nSPS) is 11.2. The molecule has 0 fully saturated rings. The molecule has 5 rings (SSSR count).